The first kappa shape index (κ1) is 9.79. The van der Waals surface area contributed by atoms with Crippen LogP contribution in [0.4, 0.5) is 4.79 Å². The van der Waals surface area contributed by atoms with Crippen molar-refractivity contribution in [3.8, 4) is 12.3 Å². The number of nitrogens with two attached hydrogens (primary N) is 1. The molecule has 1 atom stereocenters. The maximum Gasteiger partial charge on any atom is 0.315 e. The molecule has 0 saturated heterocycles. The summed E-state index contributed by atoms with van der Waals surface area (Å²) in [6.45, 7) is 2.47. The average molecular weight is 155 g/mol. The minimum Gasteiger partial charge on any atom is -0.334 e. The lowest BCUT2D eigenvalue weighted by Gasteiger charge is -2.10. The van der Waals surface area contributed by atoms with E-state index in [2.05, 4.69) is 16.6 Å². The lowest BCUT2D eigenvalue weighted by molar-refractivity contribution is 0.239. The predicted octanol–water partition coefficient (Wildman–Crippen LogP) is -0.734. The van der Waals surface area contributed by atoms with Crippen LogP contribution >= 0.6 is 0 Å². The fourth-order valence-electron chi connectivity index (χ4n) is 0.465. The Kier molecular flexibility index (Phi) is 4.95. The summed E-state index contributed by atoms with van der Waals surface area (Å²) in [5.41, 5.74) is 5.27. The van der Waals surface area contributed by atoms with Gasteiger partial charge in [-0.3, -0.25) is 0 Å². The van der Waals surface area contributed by atoms with Gasteiger partial charge in [-0.05, 0) is 6.92 Å². The summed E-state index contributed by atoms with van der Waals surface area (Å²) in [6, 6.07) is -0.298. The number of hydrogen-bond donors (Lipinski definition) is 3. The number of hydrogen-bond acceptors (Lipinski definition) is 2. The highest BCUT2D eigenvalue weighted by Crippen LogP contribution is 1.74. The molecule has 0 aromatic heterocycles. The summed E-state index contributed by atoms with van der Waals surface area (Å²) < 4.78 is 0. The minimum absolute atomic E-state index is 0.0206. The van der Waals surface area contributed by atoms with Crippen molar-refractivity contribution >= 4 is 6.03 Å². The SMILES string of the molecule is C#CCNC(=O)NC(C)CN. The number of carbonyl (C=O) groups is 1. The molecule has 0 bridgehead atoms. The Morgan fingerprint density at radius 1 is 1.82 bits per heavy atom. The van der Waals surface area contributed by atoms with Crippen LogP contribution in [0, 0.1) is 12.3 Å². The Morgan fingerprint density at radius 3 is 2.91 bits per heavy atom. The molecule has 0 rings (SSSR count). The first-order chi connectivity index (χ1) is 5.20. The molecule has 0 aromatic rings. The fraction of sp³-hybridized carbons (Fsp3) is 0.571. The molecule has 4 N–H and O–H groups in total. The number of carbonyl (C=O) groups excluding carboxylic acids is 1. The van der Waals surface area contributed by atoms with Crippen LogP contribution in [0.1, 0.15) is 6.92 Å². The highest BCUT2D eigenvalue weighted by molar-refractivity contribution is 5.74. The van der Waals surface area contributed by atoms with Gasteiger partial charge in [-0.2, -0.15) is 0 Å². The normalized spacial score (nSPS) is 11.4. The van der Waals surface area contributed by atoms with Crippen molar-refractivity contribution in [3.05, 3.63) is 0 Å². The second-order valence-electron chi connectivity index (χ2n) is 2.17. The average Bonchev–Trinajstić information content (AvgIpc) is 2.00. The van der Waals surface area contributed by atoms with Crippen molar-refractivity contribution in [2.24, 2.45) is 5.73 Å². The van der Waals surface area contributed by atoms with Crippen molar-refractivity contribution < 1.29 is 4.79 Å². The summed E-state index contributed by atoms with van der Waals surface area (Å²) >= 11 is 0. The summed E-state index contributed by atoms with van der Waals surface area (Å²) in [6.07, 6.45) is 4.92. The molecule has 62 valence electrons. The van der Waals surface area contributed by atoms with E-state index in [0.717, 1.165) is 0 Å². The van der Waals surface area contributed by atoms with E-state index in [-0.39, 0.29) is 18.6 Å². The molecule has 2 amide bonds. The van der Waals surface area contributed by atoms with Crippen LogP contribution < -0.4 is 16.4 Å². The van der Waals surface area contributed by atoms with Gasteiger partial charge in [0.2, 0.25) is 0 Å². The smallest absolute Gasteiger partial charge is 0.315 e. The largest absolute Gasteiger partial charge is 0.334 e. The fourth-order valence-corrected chi connectivity index (χ4v) is 0.465. The molecule has 0 aromatic carbocycles. The Bertz CT molecular complexity index is 162. The molecule has 0 aliphatic heterocycles. The molecule has 0 spiro atoms. The molecule has 4 heteroatoms. The predicted molar refractivity (Wildman–Crippen MR) is 43.9 cm³/mol. The third kappa shape index (κ3) is 5.25. The monoisotopic (exact) mass is 155 g/mol. The van der Waals surface area contributed by atoms with E-state index in [1.807, 2.05) is 6.92 Å². The quantitative estimate of drug-likeness (QED) is 0.470. The number of urea groups is 1. The molecule has 0 heterocycles. The van der Waals surface area contributed by atoms with Crippen LogP contribution in [0.2, 0.25) is 0 Å². The lowest BCUT2D eigenvalue weighted by Crippen LogP contribution is -2.43. The second-order valence-corrected chi connectivity index (χ2v) is 2.17. The van der Waals surface area contributed by atoms with Gasteiger partial charge in [0, 0.05) is 12.6 Å². The zero-order valence-corrected chi connectivity index (χ0v) is 6.55. The molecule has 0 saturated carbocycles. The summed E-state index contributed by atoms with van der Waals surface area (Å²) in [7, 11) is 0. The van der Waals surface area contributed by atoms with Crippen LogP contribution in [-0.2, 0) is 0 Å². The zero-order chi connectivity index (χ0) is 8.69. The van der Waals surface area contributed by atoms with Crippen LogP contribution in [0.25, 0.3) is 0 Å². The van der Waals surface area contributed by atoms with Gasteiger partial charge < -0.3 is 16.4 Å². The summed E-state index contributed by atoms with van der Waals surface area (Å²) in [4.78, 5) is 10.8. The molecule has 1 unspecified atom stereocenters. The Hall–Kier alpha value is -1.21. The van der Waals surface area contributed by atoms with Crippen molar-refractivity contribution in [2.45, 2.75) is 13.0 Å². The van der Waals surface area contributed by atoms with Gasteiger partial charge in [-0.25, -0.2) is 4.79 Å². The molecular formula is C7H13N3O. The van der Waals surface area contributed by atoms with Gasteiger partial charge in [0.25, 0.3) is 0 Å². The van der Waals surface area contributed by atoms with E-state index in [0.29, 0.717) is 6.54 Å². The van der Waals surface area contributed by atoms with E-state index < -0.39 is 0 Å². The minimum atomic E-state index is -0.277. The van der Waals surface area contributed by atoms with Crippen molar-refractivity contribution in [1.82, 2.24) is 10.6 Å². The number of terminal acetylenes is 1. The van der Waals surface area contributed by atoms with E-state index >= 15 is 0 Å². The molecular weight excluding hydrogens is 142 g/mol. The van der Waals surface area contributed by atoms with Gasteiger partial charge in [0.05, 0.1) is 6.54 Å². The first-order valence-corrected chi connectivity index (χ1v) is 3.38. The van der Waals surface area contributed by atoms with E-state index in [9.17, 15) is 4.79 Å². The first-order valence-electron chi connectivity index (χ1n) is 3.38. The zero-order valence-electron chi connectivity index (χ0n) is 6.55. The molecule has 11 heavy (non-hydrogen) atoms. The van der Waals surface area contributed by atoms with E-state index in [1.54, 1.807) is 0 Å². The second kappa shape index (κ2) is 5.57. The van der Waals surface area contributed by atoms with Gasteiger partial charge in [0.15, 0.2) is 0 Å². The van der Waals surface area contributed by atoms with Gasteiger partial charge in [-0.15, -0.1) is 6.42 Å². The topological polar surface area (TPSA) is 67.2 Å². The number of rotatable bonds is 3. The van der Waals surface area contributed by atoms with Crippen molar-refractivity contribution in [3.63, 3.8) is 0 Å². The molecule has 0 aliphatic carbocycles. The van der Waals surface area contributed by atoms with Crippen LogP contribution in [0.5, 0.6) is 0 Å². The number of nitrogens with one attached hydrogen (secondary N) is 2. The molecule has 0 fully saturated rings. The van der Waals surface area contributed by atoms with E-state index in [1.165, 1.54) is 0 Å². The number of amides is 2. The Balaban J connectivity index is 3.45. The highest BCUT2D eigenvalue weighted by atomic mass is 16.2. The maximum atomic E-state index is 10.8. The standard InChI is InChI=1S/C7H13N3O/c1-3-4-9-7(11)10-6(2)5-8/h1,6H,4-5,8H2,2H3,(H2,9,10,11). The third-order valence-corrected chi connectivity index (χ3v) is 1.08. The van der Waals surface area contributed by atoms with Crippen molar-refractivity contribution in [1.29, 1.82) is 0 Å². The lowest BCUT2D eigenvalue weighted by atomic mass is 10.3. The molecule has 0 radical (unpaired) electrons. The highest BCUT2D eigenvalue weighted by Gasteiger charge is 2.02. The van der Waals surface area contributed by atoms with Gasteiger partial charge >= 0.3 is 6.03 Å². The summed E-state index contributed by atoms with van der Waals surface area (Å²) in [5, 5.41) is 5.05. The molecule has 4 nitrogen and oxygen atoms in total. The Labute approximate surface area is 66.5 Å². The summed E-state index contributed by atoms with van der Waals surface area (Å²) in [5.74, 6) is 2.29. The maximum absolute atomic E-state index is 10.8. The van der Waals surface area contributed by atoms with Gasteiger partial charge in [-0.1, -0.05) is 5.92 Å². The third-order valence-electron chi connectivity index (χ3n) is 1.08. The van der Waals surface area contributed by atoms with E-state index in [4.69, 9.17) is 12.2 Å². The van der Waals surface area contributed by atoms with Gasteiger partial charge in [0.1, 0.15) is 0 Å². The Morgan fingerprint density at radius 2 is 2.45 bits per heavy atom. The van der Waals surface area contributed by atoms with Crippen LogP contribution in [-0.4, -0.2) is 25.2 Å². The van der Waals surface area contributed by atoms with Crippen molar-refractivity contribution in [2.75, 3.05) is 13.1 Å². The molecule has 0 aliphatic rings. The van der Waals surface area contributed by atoms with Crippen LogP contribution in [0.15, 0.2) is 0 Å². The van der Waals surface area contributed by atoms with Crippen LogP contribution in [0.3, 0.4) is 0 Å².